The highest BCUT2D eigenvalue weighted by molar-refractivity contribution is 5.79. The van der Waals surface area contributed by atoms with Gasteiger partial charge >= 0.3 is 0 Å². The summed E-state index contributed by atoms with van der Waals surface area (Å²) < 4.78 is 13.2. The average molecular weight is 370 g/mol. The minimum atomic E-state index is -0.241. The molecule has 0 bridgehead atoms. The van der Waals surface area contributed by atoms with Gasteiger partial charge in [0.2, 0.25) is 5.91 Å². The molecule has 2 heterocycles. The Labute approximate surface area is 159 Å². The fraction of sp³-hybridized carbons (Fsp3) is 0.524. The third-order valence-electron chi connectivity index (χ3n) is 5.86. The van der Waals surface area contributed by atoms with Crippen molar-refractivity contribution in [1.82, 2.24) is 20.0 Å². The topological polar surface area (TPSA) is 52.2 Å². The number of nitrogens with one attached hydrogen (secondary N) is 1. The van der Waals surface area contributed by atoms with Crippen LogP contribution in [0.2, 0.25) is 0 Å². The molecule has 4 rings (SSSR count). The van der Waals surface area contributed by atoms with Gasteiger partial charge < -0.3 is 9.80 Å². The van der Waals surface area contributed by atoms with Crippen LogP contribution >= 0.6 is 0 Å². The fourth-order valence-corrected chi connectivity index (χ4v) is 4.59. The molecule has 5 nitrogen and oxygen atoms in total. The van der Waals surface area contributed by atoms with E-state index in [0.717, 1.165) is 36.5 Å². The van der Waals surface area contributed by atoms with E-state index in [1.54, 1.807) is 12.1 Å². The Hall–Kier alpha value is -2.21. The molecule has 2 fully saturated rings. The third-order valence-corrected chi connectivity index (χ3v) is 5.86. The van der Waals surface area contributed by atoms with Crippen molar-refractivity contribution < 1.29 is 9.18 Å². The average Bonchev–Trinajstić information content (AvgIpc) is 3.37. The summed E-state index contributed by atoms with van der Waals surface area (Å²) in [5.74, 6) is 0.481. The number of amides is 1. The molecule has 144 valence electrons. The highest BCUT2D eigenvalue weighted by atomic mass is 19.1. The van der Waals surface area contributed by atoms with Crippen LogP contribution in [0.4, 0.5) is 4.39 Å². The lowest BCUT2D eigenvalue weighted by atomic mass is 10.1. The minimum Gasteiger partial charge on any atom is -0.339 e. The zero-order chi connectivity index (χ0) is 18.8. The van der Waals surface area contributed by atoms with Crippen molar-refractivity contribution >= 4 is 5.91 Å². The van der Waals surface area contributed by atoms with Gasteiger partial charge in [0.25, 0.3) is 0 Å². The summed E-state index contributed by atoms with van der Waals surface area (Å²) in [6.07, 6.45) is 7.35. The van der Waals surface area contributed by atoms with Gasteiger partial charge in [0.1, 0.15) is 5.82 Å². The number of nitrogens with zero attached hydrogens (tertiary/aromatic N) is 3. The molecule has 0 radical (unpaired) electrons. The second kappa shape index (κ2) is 7.80. The molecule has 0 spiro atoms. The monoisotopic (exact) mass is 370 g/mol. The van der Waals surface area contributed by atoms with E-state index in [0.29, 0.717) is 24.3 Å². The Balaban J connectivity index is 1.36. The summed E-state index contributed by atoms with van der Waals surface area (Å²) >= 11 is 0. The van der Waals surface area contributed by atoms with Crippen LogP contribution in [0, 0.1) is 11.7 Å². The summed E-state index contributed by atoms with van der Waals surface area (Å²) in [5.41, 5.74) is 2.94. The van der Waals surface area contributed by atoms with Gasteiger partial charge in [0, 0.05) is 43.2 Å². The Morgan fingerprint density at radius 3 is 2.74 bits per heavy atom. The lowest BCUT2D eigenvalue weighted by Crippen LogP contribution is -2.35. The van der Waals surface area contributed by atoms with Crippen LogP contribution in [0.25, 0.3) is 11.3 Å². The predicted octanol–water partition coefficient (Wildman–Crippen LogP) is 3.44. The minimum absolute atomic E-state index is 0.241. The van der Waals surface area contributed by atoms with Crippen LogP contribution in [0.3, 0.4) is 0 Å². The van der Waals surface area contributed by atoms with Crippen LogP contribution in [0.5, 0.6) is 0 Å². The lowest BCUT2D eigenvalue weighted by Gasteiger charge is -2.25. The van der Waals surface area contributed by atoms with Crippen LogP contribution in [-0.4, -0.2) is 52.1 Å². The summed E-state index contributed by atoms with van der Waals surface area (Å²) in [6, 6.07) is 6.94. The van der Waals surface area contributed by atoms with E-state index in [1.165, 1.54) is 37.8 Å². The van der Waals surface area contributed by atoms with E-state index in [2.05, 4.69) is 27.0 Å². The van der Waals surface area contributed by atoms with Crippen LogP contribution in [0.15, 0.2) is 30.5 Å². The number of benzene rings is 1. The van der Waals surface area contributed by atoms with Crippen molar-refractivity contribution in [2.75, 3.05) is 20.1 Å². The Morgan fingerprint density at radius 2 is 2.00 bits per heavy atom. The van der Waals surface area contributed by atoms with Crippen LogP contribution in [0.1, 0.15) is 37.7 Å². The molecule has 1 amide bonds. The number of hydrogen-bond donors (Lipinski definition) is 1. The second-order valence-corrected chi connectivity index (χ2v) is 8.03. The Morgan fingerprint density at radius 1 is 1.26 bits per heavy atom. The van der Waals surface area contributed by atoms with Gasteiger partial charge in [-0.25, -0.2) is 4.39 Å². The molecule has 1 aromatic heterocycles. The zero-order valence-electron chi connectivity index (χ0n) is 15.8. The number of aromatic amines is 1. The smallest absolute Gasteiger partial charge is 0.223 e. The molecular formula is C21H27FN4O. The Bertz CT molecular complexity index is 782. The van der Waals surface area contributed by atoms with E-state index >= 15 is 0 Å². The van der Waals surface area contributed by atoms with Crippen LogP contribution in [-0.2, 0) is 11.3 Å². The van der Waals surface area contributed by atoms with E-state index in [1.807, 2.05) is 6.20 Å². The van der Waals surface area contributed by atoms with E-state index in [4.69, 9.17) is 0 Å². The van der Waals surface area contributed by atoms with Crippen molar-refractivity contribution in [2.24, 2.45) is 5.92 Å². The number of halogens is 1. The third kappa shape index (κ3) is 4.05. The van der Waals surface area contributed by atoms with Crippen molar-refractivity contribution in [2.45, 2.75) is 44.7 Å². The number of aromatic nitrogens is 2. The molecule has 2 aliphatic rings. The maximum absolute atomic E-state index is 13.2. The maximum Gasteiger partial charge on any atom is 0.223 e. The summed E-state index contributed by atoms with van der Waals surface area (Å²) in [4.78, 5) is 16.8. The largest absolute Gasteiger partial charge is 0.339 e. The first-order chi connectivity index (χ1) is 13.1. The van der Waals surface area contributed by atoms with Gasteiger partial charge in [-0.15, -0.1) is 0 Å². The summed E-state index contributed by atoms with van der Waals surface area (Å²) in [6.45, 7) is 2.53. The highest BCUT2D eigenvalue weighted by Crippen LogP contribution is 2.30. The lowest BCUT2D eigenvalue weighted by molar-refractivity contribution is -0.129. The molecule has 1 aliphatic heterocycles. The standard InChI is InChI=1S/C21H27FN4O/c1-25(12-15-10-20(27)26(13-15)19-4-2-3-5-19)14-17-11-23-24-21(17)16-6-8-18(22)9-7-16/h6-9,11,15,19H,2-5,10,12-14H2,1H3,(H,23,24)/t15-/m0/s1. The first-order valence-electron chi connectivity index (χ1n) is 9.86. The van der Waals surface area contributed by atoms with Gasteiger partial charge in [-0.2, -0.15) is 5.10 Å². The van der Waals surface area contributed by atoms with Crippen LogP contribution < -0.4 is 0 Å². The first kappa shape index (κ1) is 18.2. The SMILES string of the molecule is CN(Cc1cn[nH]c1-c1ccc(F)cc1)C[C@@H]1CC(=O)N(C2CCCC2)C1. The second-order valence-electron chi connectivity index (χ2n) is 8.03. The molecule has 1 atom stereocenters. The zero-order valence-corrected chi connectivity index (χ0v) is 15.8. The van der Waals surface area contributed by atoms with Crippen molar-refractivity contribution in [3.05, 3.63) is 41.8 Å². The van der Waals surface area contributed by atoms with E-state index in [-0.39, 0.29) is 5.82 Å². The number of hydrogen-bond acceptors (Lipinski definition) is 3. The molecule has 1 N–H and O–H groups in total. The number of likely N-dealkylation sites (tertiary alicyclic amines) is 1. The predicted molar refractivity (Wildman–Crippen MR) is 102 cm³/mol. The van der Waals surface area contributed by atoms with Crippen molar-refractivity contribution in [3.63, 3.8) is 0 Å². The van der Waals surface area contributed by atoms with E-state index < -0.39 is 0 Å². The number of rotatable bonds is 6. The Kier molecular flexibility index (Phi) is 5.25. The molecule has 6 heteroatoms. The van der Waals surface area contributed by atoms with Crippen molar-refractivity contribution in [3.8, 4) is 11.3 Å². The molecule has 0 unspecified atom stereocenters. The quantitative estimate of drug-likeness (QED) is 0.847. The van der Waals surface area contributed by atoms with Gasteiger partial charge in [-0.3, -0.25) is 9.89 Å². The molecule has 2 aromatic rings. The van der Waals surface area contributed by atoms with Gasteiger partial charge in [-0.1, -0.05) is 12.8 Å². The highest BCUT2D eigenvalue weighted by Gasteiger charge is 2.35. The molecule has 1 saturated carbocycles. The molecule has 1 saturated heterocycles. The number of carbonyl (C=O) groups excluding carboxylic acids is 1. The molecule has 1 aromatic carbocycles. The summed E-state index contributed by atoms with van der Waals surface area (Å²) in [7, 11) is 2.09. The van der Waals surface area contributed by atoms with E-state index in [9.17, 15) is 9.18 Å². The van der Waals surface area contributed by atoms with Gasteiger partial charge in [0.05, 0.1) is 11.9 Å². The fourth-order valence-electron chi connectivity index (χ4n) is 4.59. The number of H-pyrrole nitrogens is 1. The summed E-state index contributed by atoms with van der Waals surface area (Å²) in [5, 5.41) is 7.20. The molecule has 27 heavy (non-hydrogen) atoms. The normalized spacial score (nSPS) is 20.9. The maximum atomic E-state index is 13.2. The van der Waals surface area contributed by atoms with Gasteiger partial charge in [0.15, 0.2) is 0 Å². The molecule has 1 aliphatic carbocycles. The van der Waals surface area contributed by atoms with Gasteiger partial charge in [-0.05, 0) is 50.1 Å². The first-order valence-corrected chi connectivity index (χ1v) is 9.86. The van der Waals surface area contributed by atoms with Crippen molar-refractivity contribution in [1.29, 1.82) is 0 Å². The molecular weight excluding hydrogens is 343 g/mol. The number of carbonyl (C=O) groups is 1.